The van der Waals surface area contributed by atoms with Crippen molar-refractivity contribution in [1.29, 1.82) is 0 Å². The van der Waals surface area contributed by atoms with Gasteiger partial charge < -0.3 is 9.31 Å². The minimum atomic E-state index is -0.355. The second-order valence-electron chi connectivity index (χ2n) is 7.09. The van der Waals surface area contributed by atoms with E-state index in [4.69, 9.17) is 9.31 Å². The van der Waals surface area contributed by atoms with E-state index in [1.54, 1.807) is 0 Å². The quantitative estimate of drug-likeness (QED) is 0.781. The van der Waals surface area contributed by atoms with Gasteiger partial charge in [0.2, 0.25) is 0 Å². The highest BCUT2D eigenvalue weighted by atomic mass is 16.7. The molecule has 0 unspecified atom stereocenters. The summed E-state index contributed by atoms with van der Waals surface area (Å²) >= 11 is 0. The first-order chi connectivity index (χ1) is 10.9. The van der Waals surface area contributed by atoms with Gasteiger partial charge >= 0.3 is 7.12 Å². The Labute approximate surface area is 139 Å². The van der Waals surface area contributed by atoms with Crippen LogP contribution in [0.5, 0.6) is 0 Å². The Bertz CT molecular complexity index is 640. The molecule has 1 aliphatic carbocycles. The van der Waals surface area contributed by atoms with Gasteiger partial charge in [-0.25, -0.2) is 0 Å². The van der Waals surface area contributed by atoms with E-state index in [1.165, 1.54) is 0 Å². The van der Waals surface area contributed by atoms with E-state index in [0.29, 0.717) is 0 Å². The Morgan fingerprint density at radius 1 is 1.00 bits per heavy atom. The minimum Gasteiger partial charge on any atom is -0.399 e. The van der Waals surface area contributed by atoms with Gasteiger partial charge in [-0.3, -0.25) is 4.98 Å². The standard InChI is InChI=1S/C19H24BNO2/c1-18(2)19(3,4)23-20(22-18)16-12-13-17(21-14-16)15-10-8-6-5-7-9-11-15/h5-6,8,10-14H,7,9H2,1-4H3. The second kappa shape index (κ2) is 6.10. The maximum absolute atomic E-state index is 6.07. The third-order valence-electron chi connectivity index (χ3n) is 4.83. The lowest BCUT2D eigenvalue weighted by Gasteiger charge is -2.32. The molecule has 1 aromatic heterocycles. The van der Waals surface area contributed by atoms with Crippen LogP contribution in [0, 0.1) is 0 Å². The Balaban J connectivity index is 1.79. The molecule has 0 spiro atoms. The van der Waals surface area contributed by atoms with Crippen LogP contribution in [-0.2, 0) is 9.31 Å². The molecule has 0 atom stereocenters. The predicted molar refractivity (Wildman–Crippen MR) is 95.4 cm³/mol. The van der Waals surface area contributed by atoms with Crippen molar-refractivity contribution in [2.45, 2.75) is 51.7 Å². The molecule has 2 aliphatic rings. The van der Waals surface area contributed by atoms with Crippen LogP contribution >= 0.6 is 0 Å². The molecule has 4 heteroatoms. The van der Waals surface area contributed by atoms with E-state index in [-0.39, 0.29) is 18.3 Å². The van der Waals surface area contributed by atoms with Gasteiger partial charge in [0.05, 0.1) is 16.9 Å². The highest BCUT2D eigenvalue weighted by Crippen LogP contribution is 2.36. The lowest BCUT2D eigenvalue weighted by Crippen LogP contribution is -2.41. The molecule has 0 aromatic carbocycles. The van der Waals surface area contributed by atoms with Crippen molar-refractivity contribution in [3.05, 3.63) is 54.4 Å². The highest BCUT2D eigenvalue weighted by molar-refractivity contribution is 6.62. The third-order valence-corrected chi connectivity index (χ3v) is 4.83. The van der Waals surface area contributed by atoms with Gasteiger partial charge in [0.1, 0.15) is 0 Å². The first-order valence-corrected chi connectivity index (χ1v) is 8.24. The molecule has 1 saturated heterocycles. The molecule has 2 heterocycles. The van der Waals surface area contributed by atoms with Gasteiger partial charge in [-0.2, -0.15) is 0 Å². The monoisotopic (exact) mass is 309 g/mol. The van der Waals surface area contributed by atoms with E-state index < -0.39 is 0 Å². The summed E-state index contributed by atoms with van der Waals surface area (Å²) in [7, 11) is -0.355. The van der Waals surface area contributed by atoms with E-state index in [2.05, 4.69) is 63.1 Å². The molecule has 1 aromatic rings. The largest absolute Gasteiger partial charge is 0.496 e. The molecule has 0 radical (unpaired) electrons. The molecular formula is C19H24BNO2. The van der Waals surface area contributed by atoms with Crippen LogP contribution in [0.1, 0.15) is 46.2 Å². The fraction of sp³-hybridized carbons (Fsp3) is 0.421. The molecule has 0 N–H and O–H groups in total. The van der Waals surface area contributed by atoms with Gasteiger partial charge in [-0.1, -0.05) is 36.4 Å². The third kappa shape index (κ3) is 3.33. The summed E-state index contributed by atoms with van der Waals surface area (Å²) < 4.78 is 12.1. The Morgan fingerprint density at radius 3 is 2.39 bits per heavy atom. The maximum Gasteiger partial charge on any atom is 0.496 e. The molecule has 120 valence electrons. The zero-order valence-corrected chi connectivity index (χ0v) is 14.4. The van der Waals surface area contributed by atoms with Gasteiger partial charge in [-0.15, -0.1) is 0 Å². The summed E-state index contributed by atoms with van der Waals surface area (Å²) in [4.78, 5) is 4.61. The van der Waals surface area contributed by atoms with Crippen LogP contribution in [0.2, 0.25) is 0 Å². The summed E-state index contributed by atoms with van der Waals surface area (Å²) in [5.74, 6) is 0. The van der Waals surface area contributed by atoms with Crippen LogP contribution in [0.4, 0.5) is 0 Å². The second-order valence-corrected chi connectivity index (χ2v) is 7.09. The molecule has 1 aliphatic heterocycles. The van der Waals surface area contributed by atoms with Crippen molar-refractivity contribution in [3.8, 4) is 0 Å². The van der Waals surface area contributed by atoms with Crippen LogP contribution < -0.4 is 5.46 Å². The zero-order valence-electron chi connectivity index (χ0n) is 14.4. The average molecular weight is 309 g/mol. The van der Waals surface area contributed by atoms with Crippen molar-refractivity contribution in [1.82, 2.24) is 4.98 Å². The van der Waals surface area contributed by atoms with Crippen molar-refractivity contribution in [2.75, 3.05) is 0 Å². The first-order valence-electron chi connectivity index (χ1n) is 8.24. The van der Waals surface area contributed by atoms with Crippen LogP contribution in [0.3, 0.4) is 0 Å². The number of allylic oxidation sites excluding steroid dienone is 6. The van der Waals surface area contributed by atoms with E-state index in [0.717, 1.165) is 29.6 Å². The van der Waals surface area contributed by atoms with E-state index in [9.17, 15) is 0 Å². The first kappa shape index (κ1) is 16.2. The van der Waals surface area contributed by atoms with Gasteiger partial charge in [0.25, 0.3) is 0 Å². The van der Waals surface area contributed by atoms with E-state index in [1.807, 2.05) is 18.3 Å². The van der Waals surface area contributed by atoms with Crippen LogP contribution in [0.25, 0.3) is 5.57 Å². The summed E-state index contributed by atoms with van der Waals surface area (Å²) in [6.45, 7) is 8.25. The Hall–Kier alpha value is -1.65. The molecule has 23 heavy (non-hydrogen) atoms. The maximum atomic E-state index is 6.07. The van der Waals surface area contributed by atoms with Crippen molar-refractivity contribution in [3.63, 3.8) is 0 Å². The summed E-state index contributed by atoms with van der Waals surface area (Å²) in [5.41, 5.74) is 2.45. The smallest absolute Gasteiger partial charge is 0.399 e. The highest BCUT2D eigenvalue weighted by Gasteiger charge is 2.51. The van der Waals surface area contributed by atoms with Crippen molar-refractivity contribution in [2.24, 2.45) is 0 Å². The Kier molecular flexibility index (Phi) is 4.30. The molecule has 0 saturated carbocycles. The van der Waals surface area contributed by atoms with Gasteiger partial charge in [-0.05, 0) is 52.2 Å². The number of aromatic nitrogens is 1. The lowest BCUT2D eigenvalue weighted by molar-refractivity contribution is 0.00578. The van der Waals surface area contributed by atoms with Gasteiger partial charge in [0.15, 0.2) is 0 Å². The molecule has 3 nitrogen and oxygen atoms in total. The normalized spacial score (nSPS) is 22.6. The summed E-state index contributed by atoms with van der Waals surface area (Å²) in [6, 6.07) is 4.09. The SMILES string of the molecule is CC1(C)OB(c2ccc(C3=CCCC=CC=C3)nc2)OC1(C)C. The number of nitrogens with zero attached hydrogens (tertiary/aromatic N) is 1. The lowest BCUT2D eigenvalue weighted by atomic mass is 9.80. The summed E-state index contributed by atoms with van der Waals surface area (Å²) in [6.07, 6.45) is 14.6. The molecule has 3 rings (SSSR count). The Morgan fingerprint density at radius 2 is 1.74 bits per heavy atom. The summed E-state index contributed by atoms with van der Waals surface area (Å²) in [5, 5.41) is 0. The predicted octanol–water partition coefficient (Wildman–Crippen LogP) is 3.67. The molecule has 0 amide bonds. The fourth-order valence-electron chi connectivity index (χ4n) is 2.62. The van der Waals surface area contributed by atoms with Gasteiger partial charge in [0, 0.05) is 11.7 Å². The number of hydrogen-bond acceptors (Lipinski definition) is 3. The topological polar surface area (TPSA) is 31.4 Å². The number of hydrogen-bond donors (Lipinski definition) is 0. The molecule has 1 fully saturated rings. The minimum absolute atomic E-state index is 0.326. The number of pyridine rings is 1. The fourth-order valence-corrected chi connectivity index (χ4v) is 2.62. The number of rotatable bonds is 2. The average Bonchev–Trinajstić information content (AvgIpc) is 2.67. The van der Waals surface area contributed by atoms with Crippen LogP contribution in [-0.4, -0.2) is 23.3 Å². The van der Waals surface area contributed by atoms with Crippen molar-refractivity contribution >= 4 is 18.2 Å². The van der Waals surface area contributed by atoms with Crippen molar-refractivity contribution < 1.29 is 9.31 Å². The molecular weight excluding hydrogens is 285 g/mol. The van der Waals surface area contributed by atoms with Crippen LogP contribution in [0.15, 0.2) is 48.7 Å². The zero-order chi connectivity index (χ0) is 16.5. The molecule has 0 bridgehead atoms. The van der Waals surface area contributed by atoms with E-state index >= 15 is 0 Å².